The molecule has 0 aliphatic rings. The molecular formula is C18H22O4. The highest BCUT2D eigenvalue weighted by atomic mass is 16.3. The van der Waals surface area contributed by atoms with Gasteiger partial charge in [-0.15, -0.1) is 0 Å². The third-order valence-electron chi connectivity index (χ3n) is 3.51. The molecule has 2 N–H and O–H groups in total. The Morgan fingerprint density at radius 1 is 0.727 bits per heavy atom. The summed E-state index contributed by atoms with van der Waals surface area (Å²) in [6, 6.07) is 7.41. The maximum Gasteiger partial charge on any atom is 0.159 e. The van der Waals surface area contributed by atoms with E-state index >= 15 is 0 Å². The van der Waals surface area contributed by atoms with Crippen molar-refractivity contribution in [3.8, 4) is 0 Å². The average Bonchev–Trinajstić information content (AvgIpc) is 2.42. The van der Waals surface area contributed by atoms with Gasteiger partial charge in [-0.1, -0.05) is 24.3 Å². The lowest BCUT2D eigenvalue weighted by Crippen LogP contribution is -2.05. The van der Waals surface area contributed by atoms with Gasteiger partial charge >= 0.3 is 0 Å². The summed E-state index contributed by atoms with van der Waals surface area (Å²) >= 11 is 0. The van der Waals surface area contributed by atoms with Gasteiger partial charge < -0.3 is 10.2 Å². The summed E-state index contributed by atoms with van der Waals surface area (Å²) in [5.41, 5.74) is 2.58. The van der Waals surface area contributed by atoms with E-state index in [1.165, 1.54) is 27.7 Å². The van der Waals surface area contributed by atoms with E-state index in [1.807, 2.05) is 24.3 Å². The van der Waals surface area contributed by atoms with Crippen LogP contribution in [0.1, 0.15) is 38.8 Å². The molecule has 1 aromatic rings. The number of hydrogen-bond acceptors (Lipinski definition) is 4. The molecule has 0 unspecified atom stereocenters. The minimum atomic E-state index is -0.151. The van der Waals surface area contributed by atoms with Gasteiger partial charge in [-0.25, -0.2) is 0 Å². The van der Waals surface area contributed by atoms with E-state index in [9.17, 15) is 19.8 Å². The average molecular weight is 302 g/mol. The van der Waals surface area contributed by atoms with Crippen LogP contribution in [-0.2, 0) is 22.4 Å². The Bertz CT molecular complexity index is 569. The SMILES string of the molecule is CC(=O)/C(Cc1ccc(C/C(C(C)=O)=C(/C)O)cc1)=C(\C)O. The molecule has 0 aromatic heterocycles. The van der Waals surface area contributed by atoms with E-state index < -0.39 is 0 Å². The van der Waals surface area contributed by atoms with Crippen molar-refractivity contribution in [2.45, 2.75) is 40.5 Å². The lowest BCUT2D eigenvalue weighted by molar-refractivity contribution is -0.114. The van der Waals surface area contributed by atoms with Gasteiger partial charge in [0.15, 0.2) is 11.6 Å². The first-order chi connectivity index (χ1) is 10.2. The van der Waals surface area contributed by atoms with Crippen molar-refractivity contribution in [1.82, 2.24) is 0 Å². The smallest absolute Gasteiger partial charge is 0.159 e. The largest absolute Gasteiger partial charge is 0.512 e. The molecule has 0 saturated heterocycles. The minimum Gasteiger partial charge on any atom is -0.512 e. The molecule has 0 atom stereocenters. The van der Waals surface area contributed by atoms with Crippen molar-refractivity contribution in [1.29, 1.82) is 0 Å². The van der Waals surface area contributed by atoms with Crippen LogP contribution in [0.4, 0.5) is 0 Å². The van der Waals surface area contributed by atoms with Gasteiger partial charge in [-0.3, -0.25) is 9.59 Å². The number of aliphatic hydroxyl groups excluding tert-OH is 2. The molecule has 0 aliphatic heterocycles. The molecular weight excluding hydrogens is 280 g/mol. The van der Waals surface area contributed by atoms with Gasteiger partial charge in [0, 0.05) is 24.0 Å². The number of allylic oxidation sites excluding steroid dienone is 4. The number of ketones is 2. The zero-order valence-electron chi connectivity index (χ0n) is 13.4. The van der Waals surface area contributed by atoms with Gasteiger partial charge in [0.25, 0.3) is 0 Å². The number of Topliss-reactive ketones (excluding diaryl/α,β-unsaturated/α-hetero) is 2. The Hall–Kier alpha value is -2.36. The monoisotopic (exact) mass is 302 g/mol. The number of carbonyl (C=O) groups is 2. The summed E-state index contributed by atoms with van der Waals surface area (Å²) in [7, 11) is 0. The van der Waals surface area contributed by atoms with Gasteiger partial charge in [-0.2, -0.15) is 0 Å². The van der Waals surface area contributed by atoms with E-state index in [0.29, 0.717) is 24.0 Å². The van der Waals surface area contributed by atoms with Gasteiger partial charge in [0.05, 0.1) is 11.5 Å². The molecule has 0 bridgehead atoms. The molecule has 1 aromatic carbocycles. The van der Waals surface area contributed by atoms with E-state index in [2.05, 4.69) is 0 Å². The molecule has 0 radical (unpaired) electrons. The Morgan fingerprint density at radius 2 is 1.00 bits per heavy atom. The van der Waals surface area contributed by atoms with Crippen LogP contribution >= 0.6 is 0 Å². The van der Waals surface area contributed by atoms with Crippen LogP contribution in [0.15, 0.2) is 46.9 Å². The van der Waals surface area contributed by atoms with Crippen LogP contribution in [0.2, 0.25) is 0 Å². The standard InChI is InChI=1S/C18H22O4/c1-11(19)17(12(2)20)9-15-5-7-16(8-6-15)10-18(13(3)21)14(4)22/h5-8,19,21H,9-10H2,1-4H3/b17-11+,18-13+. The highest BCUT2D eigenvalue weighted by molar-refractivity contribution is 5.94. The lowest BCUT2D eigenvalue weighted by Gasteiger charge is -2.08. The molecule has 118 valence electrons. The first kappa shape index (κ1) is 17.7. The summed E-state index contributed by atoms with van der Waals surface area (Å²) in [6.07, 6.45) is 0.735. The number of benzene rings is 1. The summed E-state index contributed by atoms with van der Waals surface area (Å²) in [5.74, 6) is -0.230. The fourth-order valence-electron chi connectivity index (χ4n) is 2.20. The Balaban J connectivity index is 2.93. The lowest BCUT2D eigenvalue weighted by atomic mass is 9.97. The first-order valence-electron chi connectivity index (χ1n) is 7.09. The van der Waals surface area contributed by atoms with E-state index in [0.717, 1.165) is 11.1 Å². The summed E-state index contributed by atoms with van der Waals surface area (Å²) in [5, 5.41) is 19.1. The number of rotatable bonds is 6. The van der Waals surface area contributed by atoms with Crippen LogP contribution in [0, 0.1) is 0 Å². The normalized spacial score (nSPS) is 13.3. The highest BCUT2D eigenvalue weighted by Crippen LogP contribution is 2.16. The molecule has 22 heavy (non-hydrogen) atoms. The van der Waals surface area contributed by atoms with Crippen molar-refractivity contribution >= 4 is 11.6 Å². The topological polar surface area (TPSA) is 74.6 Å². The number of aliphatic hydroxyl groups is 2. The zero-order valence-corrected chi connectivity index (χ0v) is 13.4. The second kappa shape index (κ2) is 7.59. The third kappa shape index (κ3) is 4.88. The molecule has 0 fully saturated rings. The van der Waals surface area contributed by atoms with Gasteiger partial charge in [0.1, 0.15) is 0 Å². The van der Waals surface area contributed by atoms with E-state index in [-0.39, 0.29) is 23.1 Å². The quantitative estimate of drug-likeness (QED) is 0.622. The van der Waals surface area contributed by atoms with Crippen molar-refractivity contribution in [2.24, 2.45) is 0 Å². The fourth-order valence-corrected chi connectivity index (χ4v) is 2.20. The van der Waals surface area contributed by atoms with Crippen LogP contribution in [0.25, 0.3) is 0 Å². The maximum absolute atomic E-state index is 11.5. The van der Waals surface area contributed by atoms with Crippen LogP contribution in [0.3, 0.4) is 0 Å². The highest BCUT2D eigenvalue weighted by Gasteiger charge is 2.11. The predicted molar refractivity (Wildman–Crippen MR) is 85.9 cm³/mol. The molecule has 0 aliphatic carbocycles. The van der Waals surface area contributed by atoms with Crippen molar-refractivity contribution < 1.29 is 19.8 Å². The molecule has 0 spiro atoms. The summed E-state index contributed by atoms with van der Waals surface area (Å²) in [6.45, 7) is 5.85. The number of carbonyl (C=O) groups excluding carboxylic acids is 2. The third-order valence-corrected chi connectivity index (χ3v) is 3.51. The van der Waals surface area contributed by atoms with Crippen molar-refractivity contribution in [2.75, 3.05) is 0 Å². The fraction of sp³-hybridized carbons (Fsp3) is 0.333. The van der Waals surface area contributed by atoms with Crippen LogP contribution in [0.5, 0.6) is 0 Å². The molecule has 0 heterocycles. The van der Waals surface area contributed by atoms with Crippen molar-refractivity contribution in [3.63, 3.8) is 0 Å². The molecule has 1 rings (SSSR count). The Kier molecular flexibility index (Phi) is 6.11. The molecule has 4 nitrogen and oxygen atoms in total. The Morgan fingerprint density at radius 3 is 1.18 bits per heavy atom. The zero-order chi connectivity index (χ0) is 16.9. The summed E-state index contributed by atoms with van der Waals surface area (Å²) in [4.78, 5) is 22.9. The second-order valence-corrected chi connectivity index (χ2v) is 5.41. The van der Waals surface area contributed by atoms with E-state index in [1.54, 1.807) is 0 Å². The minimum absolute atomic E-state index is 0.0364. The maximum atomic E-state index is 11.5. The molecule has 0 saturated carbocycles. The van der Waals surface area contributed by atoms with Crippen LogP contribution < -0.4 is 0 Å². The Labute approximate surface area is 130 Å². The van der Waals surface area contributed by atoms with Crippen molar-refractivity contribution in [3.05, 3.63) is 58.1 Å². The molecule has 4 heteroatoms. The van der Waals surface area contributed by atoms with Gasteiger partial charge in [-0.05, 0) is 38.8 Å². The first-order valence-corrected chi connectivity index (χ1v) is 7.09. The predicted octanol–water partition coefficient (Wildman–Crippen LogP) is 3.61. The van der Waals surface area contributed by atoms with Gasteiger partial charge in [0.2, 0.25) is 0 Å². The number of hydrogen-bond donors (Lipinski definition) is 2. The molecule has 0 amide bonds. The van der Waals surface area contributed by atoms with Crippen LogP contribution in [-0.4, -0.2) is 21.8 Å². The summed E-state index contributed by atoms with van der Waals surface area (Å²) < 4.78 is 0. The van der Waals surface area contributed by atoms with E-state index in [4.69, 9.17) is 0 Å². The second-order valence-electron chi connectivity index (χ2n) is 5.41.